The second-order valence-electron chi connectivity index (χ2n) is 7.40. The Morgan fingerprint density at radius 1 is 0.909 bits per heavy atom. The number of halogens is 1. The maximum absolute atomic E-state index is 13.1. The lowest BCUT2D eigenvalue weighted by molar-refractivity contribution is -0.117. The van der Waals surface area contributed by atoms with Gasteiger partial charge in [0, 0.05) is 21.4 Å². The molecule has 0 saturated heterocycles. The number of benzene rings is 3. The van der Waals surface area contributed by atoms with Crippen LogP contribution in [0.2, 0.25) is 0 Å². The summed E-state index contributed by atoms with van der Waals surface area (Å²) in [6.45, 7) is -0.186. The summed E-state index contributed by atoms with van der Waals surface area (Å²) in [5, 5.41) is 5.43. The summed E-state index contributed by atoms with van der Waals surface area (Å²) in [6, 6.07) is 23.8. The molecule has 0 fully saturated rings. The maximum atomic E-state index is 13.1. The van der Waals surface area contributed by atoms with Crippen molar-refractivity contribution in [2.75, 3.05) is 17.6 Å². The number of carbonyl (C=O) groups is 2. The van der Waals surface area contributed by atoms with Gasteiger partial charge in [0.05, 0.1) is 11.7 Å². The molecule has 2 amide bonds. The molecule has 3 N–H and O–H groups in total. The largest absolute Gasteiger partial charge is 0.351 e. The van der Waals surface area contributed by atoms with Crippen LogP contribution in [0.25, 0.3) is 0 Å². The predicted molar refractivity (Wildman–Crippen MR) is 136 cm³/mol. The summed E-state index contributed by atoms with van der Waals surface area (Å²) in [7, 11) is -4.13. The van der Waals surface area contributed by atoms with Gasteiger partial charge in [0.1, 0.15) is 0 Å². The summed E-state index contributed by atoms with van der Waals surface area (Å²) in [5.41, 5.74) is 2.83. The van der Waals surface area contributed by atoms with Gasteiger partial charge < -0.3 is 10.6 Å². The number of anilines is 1. The van der Waals surface area contributed by atoms with Crippen molar-refractivity contribution >= 4 is 50.2 Å². The van der Waals surface area contributed by atoms with Crippen molar-refractivity contribution < 1.29 is 22.6 Å². The molecule has 0 aliphatic heterocycles. The summed E-state index contributed by atoms with van der Waals surface area (Å²) in [4.78, 5) is 25.3. The minimum Gasteiger partial charge on any atom is -0.351 e. The maximum Gasteiger partial charge on any atom is 0.266 e. The van der Waals surface area contributed by atoms with Crippen molar-refractivity contribution in [1.82, 2.24) is 5.32 Å². The molecule has 33 heavy (non-hydrogen) atoms. The zero-order valence-electron chi connectivity index (χ0n) is 17.6. The molecule has 0 aliphatic carbocycles. The molecule has 0 aliphatic rings. The van der Waals surface area contributed by atoms with E-state index in [2.05, 4.69) is 33.2 Å². The molecule has 3 rings (SSSR count). The molecule has 0 spiro atoms. The molecule has 0 heterocycles. The number of amides is 2. The van der Waals surface area contributed by atoms with Crippen LogP contribution in [0.3, 0.4) is 0 Å². The first-order chi connectivity index (χ1) is 15.7. The van der Waals surface area contributed by atoms with E-state index in [1.54, 1.807) is 24.3 Å². The van der Waals surface area contributed by atoms with Gasteiger partial charge in [-0.15, -0.1) is 0 Å². The van der Waals surface area contributed by atoms with Crippen LogP contribution in [0, 0.1) is 3.57 Å². The number of nitrogens with one attached hydrogen (secondary N) is 2. The van der Waals surface area contributed by atoms with Crippen LogP contribution in [-0.4, -0.2) is 37.1 Å². The topological polar surface area (TPSA) is 113 Å². The lowest BCUT2D eigenvalue weighted by Gasteiger charge is -2.18. The molecule has 3 aromatic carbocycles. The number of hydrogen-bond acceptors (Lipinski definition) is 4. The fourth-order valence-electron chi connectivity index (χ4n) is 3.23. The standard InChI is InChI=1S/C24H23IN2O5S/c25-20-10-12-21(13-11-20)27-24(29)22(18-4-2-1-3-5-18)16-17-6-8-19(9-7-17)23(28)26-14-15-33(30,31)32/h1-13,22H,14-16H2,(H,26,28)(H,27,29)(H,30,31,32)/t22-/m1/s1. The molecule has 1 atom stereocenters. The van der Waals surface area contributed by atoms with E-state index in [0.717, 1.165) is 20.4 Å². The number of carbonyl (C=O) groups excluding carboxylic acids is 2. The summed E-state index contributed by atoms with van der Waals surface area (Å²) in [6.07, 6.45) is 0.435. The Labute approximate surface area is 206 Å². The Bertz CT molecular complexity index is 1200. The molecule has 0 unspecified atom stereocenters. The first-order valence-corrected chi connectivity index (χ1v) is 12.8. The smallest absolute Gasteiger partial charge is 0.266 e. The van der Waals surface area contributed by atoms with Gasteiger partial charge in [0.25, 0.3) is 16.0 Å². The van der Waals surface area contributed by atoms with Crippen LogP contribution in [-0.2, 0) is 21.3 Å². The van der Waals surface area contributed by atoms with Gasteiger partial charge in [0.15, 0.2) is 0 Å². The molecular weight excluding hydrogens is 555 g/mol. The Balaban J connectivity index is 1.71. The molecule has 0 aromatic heterocycles. The quantitative estimate of drug-likeness (QED) is 0.264. The second-order valence-corrected chi connectivity index (χ2v) is 10.2. The fraction of sp³-hybridized carbons (Fsp3) is 0.167. The van der Waals surface area contributed by atoms with Crippen molar-refractivity contribution in [3.8, 4) is 0 Å². The number of hydrogen-bond donors (Lipinski definition) is 3. The average Bonchev–Trinajstić information content (AvgIpc) is 2.79. The van der Waals surface area contributed by atoms with Gasteiger partial charge in [-0.25, -0.2) is 0 Å². The summed E-state index contributed by atoms with van der Waals surface area (Å²) in [5.74, 6) is -1.55. The van der Waals surface area contributed by atoms with Crippen LogP contribution in [0.4, 0.5) is 5.69 Å². The summed E-state index contributed by atoms with van der Waals surface area (Å²) < 4.78 is 31.4. The van der Waals surface area contributed by atoms with Gasteiger partial charge in [-0.3, -0.25) is 14.1 Å². The van der Waals surface area contributed by atoms with Gasteiger partial charge in [-0.2, -0.15) is 8.42 Å². The summed E-state index contributed by atoms with van der Waals surface area (Å²) >= 11 is 2.21. The van der Waals surface area contributed by atoms with E-state index in [1.165, 1.54) is 0 Å². The van der Waals surface area contributed by atoms with Gasteiger partial charge in [-0.05, 0) is 76.5 Å². The molecular formula is C24H23IN2O5S. The molecule has 3 aromatic rings. The average molecular weight is 578 g/mol. The highest BCUT2D eigenvalue weighted by Gasteiger charge is 2.21. The fourth-order valence-corrected chi connectivity index (χ4v) is 3.95. The highest BCUT2D eigenvalue weighted by Crippen LogP contribution is 2.24. The number of rotatable bonds is 9. The van der Waals surface area contributed by atoms with Crippen LogP contribution < -0.4 is 10.6 Å². The third kappa shape index (κ3) is 7.95. The highest BCUT2D eigenvalue weighted by atomic mass is 127. The van der Waals surface area contributed by atoms with E-state index in [9.17, 15) is 18.0 Å². The highest BCUT2D eigenvalue weighted by molar-refractivity contribution is 14.1. The lowest BCUT2D eigenvalue weighted by atomic mass is 9.90. The van der Waals surface area contributed by atoms with Crippen molar-refractivity contribution in [3.05, 3.63) is 99.1 Å². The molecule has 0 bridgehead atoms. The van der Waals surface area contributed by atoms with Crippen molar-refractivity contribution in [3.63, 3.8) is 0 Å². The Morgan fingerprint density at radius 2 is 1.55 bits per heavy atom. The molecule has 7 nitrogen and oxygen atoms in total. The van der Waals surface area contributed by atoms with Gasteiger partial charge in [0.2, 0.25) is 5.91 Å². The predicted octanol–water partition coefficient (Wildman–Crippen LogP) is 3.87. The monoisotopic (exact) mass is 578 g/mol. The minimum absolute atomic E-state index is 0.130. The van der Waals surface area contributed by atoms with Crippen LogP contribution in [0.1, 0.15) is 27.4 Å². The van der Waals surface area contributed by atoms with Gasteiger partial charge in [-0.1, -0.05) is 42.5 Å². The van der Waals surface area contributed by atoms with Crippen molar-refractivity contribution in [2.24, 2.45) is 0 Å². The molecule has 0 radical (unpaired) electrons. The molecule has 172 valence electrons. The third-order valence-electron chi connectivity index (χ3n) is 4.93. The normalized spacial score (nSPS) is 12.1. The first kappa shape index (κ1) is 24.9. The van der Waals surface area contributed by atoms with E-state index in [0.29, 0.717) is 12.0 Å². The van der Waals surface area contributed by atoms with Crippen molar-refractivity contribution in [1.29, 1.82) is 0 Å². The first-order valence-electron chi connectivity index (χ1n) is 10.1. The second kappa shape index (κ2) is 11.4. The Hall–Kier alpha value is -2.76. The van der Waals surface area contributed by atoms with E-state index in [4.69, 9.17) is 4.55 Å². The Morgan fingerprint density at radius 3 is 2.15 bits per heavy atom. The zero-order valence-corrected chi connectivity index (χ0v) is 20.5. The Kier molecular flexibility index (Phi) is 8.59. The van der Waals surface area contributed by atoms with E-state index < -0.39 is 27.7 Å². The third-order valence-corrected chi connectivity index (χ3v) is 6.37. The van der Waals surface area contributed by atoms with Crippen LogP contribution in [0.5, 0.6) is 0 Å². The van der Waals surface area contributed by atoms with Crippen LogP contribution >= 0.6 is 22.6 Å². The van der Waals surface area contributed by atoms with E-state index in [1.807, 2.05) is 54.6 Å². The molecule has 0 saturated carbocycles. The zero-order chi connectivity index (χ0) is 23.8. The van der Waals surface area contributed by atoms with E-state index >= 15 is 0 Å². The van der Waals surface area contributed by atoms with Crippen LogP contribution in [0.15, 0.2) is 78.9 Å². The minimum atomic E-state index is -4.13. The SMILES string of the molecule is O=C(NCCS(=O)(=O)O)c1ccc(C[C@@H](C(=O)Nc2ccc(I)cc2)c2ccccc2)cc1. The van der Waals surface area contributed by atoms with Gasteiger partial charge >= 0.3 is 0 Å². The lowest BCUT2D eigenvalue weighted by Crippen LogP contribution is -2.28. The van der Waals surface area contributed by atoms with Crippen molar-refractivity contribution in [2.45, 2.75) is 12.3 Å². The molecule has 9 heteroatoms. The van der Waals surface area contributed by atoms with E-state index in [-0.39, 0.29) is 12.5 Å².